The minimum atomic E-state index is -0.819. The summed E-state index contributed by atoms with van der Waals surface area (Å²) in [5, 5.41) is 14.2. The summed E-state index contributed by atoms with van der Waals surface area (Å²) in [7, 11) is 0. The van der Waals surface area contributed by atoms with E-state index in [4.69, 9.17) is 5.11 Å². The van der Waals surface area contributed by atoms with Crippen molar-refractivity contribution in [3.8, 4) is 0 Å². The number of rotatable bonds is 8. The van der Waals surface area contributed by atoms with Crippen molar-refractivity contribution in [3.63, 3.8) is 0 Å². The molecule has 3 rings (SSSR count). The van der Waals surface area contributed by atoms with Crippen molar-refractivity contribution in [3.05, 3.63) is 52.1 Å². The number of carbonyl (C=O) groups excluding carboxylic acids is 2. The van der Waals surface area contributed by atoms with Gasteiger partial charge in [-0.1, -0.05) is 6.42 Å². The molecule has 158 valence electrons. The van der Waals surface area contributed by atoms with Crippen LogP contribution in [0.2, 0.25) is 0 Å². The highest BCUT2D eigenvalue weighted by Gasteiger charge is 2.26. The number of hydrogen-bond donors (Lipinski definition) is 4. The lowest BCUT2D eigenvalue weighted by molar-refractivity contribution is -0.137. The number of benzene rings is 1. The molecule has 0 saturated carbocycles. The number of aliphatic carboxylic acids is 1. The Kier molecular flexibility index (Phi) is 6.34. The second kappa shape index (κ2) is 8.94. The molecular formula is C22H24FN3O4. The number of halogens is 1. The van der Waals surface area contributed by atoms with Crippen molar-refractivity contribution in [2.45, 2.75) is 39.5 Å². The summed E-state index contributed by atoms with van der Waals surface area (Å²) in [6.45, 7) is 4.02. The molecule has 1 aliphatic rings. The minimum Gasteiger partial charge on any atom is -0.481 e. The maximum atomic E-state index is 13.6. The Morgan fingerprint density at radius 1 is 1.20 bits per heavy atom. The van der Waals surface area contributed by atoms with Crippen LogP contribution in [0.3, 0.4) is 0 Å². The topological polar surface area (TPSA) is 111 Å². The molecule has 0 spiro atoms. The van der Waals surface area contributed by atoms with Gasteiger partial charge in [0.1, 0.15) is 5.82 Å². The van der Waals surface area contributed by atoms with Crippen molar-refractivity contribution < 1.29 is 23.9 Å². The molecule has 1 aliphatic heterocycles. The molecule has 2 heterocycles. The lowest BCUT2D eigenvalue weighted by Crippen LogP contribution is -2.25. The van der Waals surface area contributed by atoms with E-state index in [1.54, 1.807) is 19.9 Å². The highest BCUT2D eigenvalue weighted by molar-refractivity contribution is 6.34. The van der Waals surface area contributed by atoms with Crippen LogP contribution in [0.15, 0.2) is 18.2 Å². The van der Waals surface area contributed by atoms with Gasteiger partial charge in [-0.2, -0.15) is 0 Å². The fourth-order valence-corrected chi connectivity index (χ4v) is 3.58. The van der Waals surface area contributed by atoms with E-state index in [2.05, 4.69) is 15.6 Å². The van der Waals surface area contributed by atoms with Gasteiger partial charge in [-0.25, -0.2) is 4.39 Å². The molecular weight excluding hydrogens is 389 g/mol. The van der Waals surface area contributed by atoms with E-state index in [0.717, 1.165) is 6.42 Å². The molecule has 0 bridgehead atoms. The fourth-order valence-electron chi connectivity index (χ4n) is 3.58. The Balaban J connectivity index is 1.73. The third kappa shape index (κ3) is 4.59. The number of H-pyrrole nitrogens is 1. The van der Waals surface area contributed by atoms with Crippen LogP contribution in [0.25, 0.3) is 11.6 Å². The maximum absolute atomic E-state index is 13.6. The Labute approximate surface area is 173 Å². The van der Waals surface area contributed by atoms with Crippen molar-refractivity contribution in [2.24, 2.45) is 0 Å². The Morgan fingerprint density at radius 3 is 2.70 bits per heavy atom. The molecule has 0 radical (unpaired) electrons. The van der Waals surface area contributed by atoms with Crippen molar-refractivity contribution in [2.75, 3.05) is 11.9 Å². The first-order valence-corrected chi connectivity index (χ1v) is 9.80. The lowest BCUT2D eigenvalue weighted by Gasteiger charge is -2.06. The predicted octanol–water partition coefficient (Wildman–Crippen LogP) is 3.64. The van der Waals surface area contributed by atoms with Crippen molar-refractivity contribution in [1.82, 2.24) is 10.3 Å². The van der Waals surface area contributed by atoms with Gasteiger partial charge < -0.3 is 20.7 Å². The molecule has 0 unspecified atom stereocenters. The molecule has 0 aliphatic carbocycles. The average molecular weight is 413 g/mol. The SMILES string of the molecule is Cc1[nH]c(/C=C2\C(=O)Nc3ccc(F)cc32)c(C)c1C(=O)NCCCCCC(=O)O. The zero-order valence-electron chi connectivity index (χ0n) is 16.9. The van der Waals surface area contributed by atoms with E-state index < -0.39 is 11.8 Å². The van der Waals surface area contributed by atoms with Crippen LogP contribution in [-0.4, -0.2) is 34.4 Å². The van der Waals surface area contributed by atoms with E-state index in [0.29, 0.717) is 58.7 Å². The van der Waals surface area contributed by atoms with Crippen LogP contribution < -0.4 is 10.6 Å². The number of aryl methyl sites for hydroxylation is 1. The fraction of sp³-hybridized carbons (Fsp3) is 0.318. The third-order valence-electron chi connectivity index (χ3n) is 5.11. The molecule has 0 saturated heterocycles. The first-order valence-electron chi connectivity index (χ1n) is 9.80. The molecule has 30 heavy (non-hydrogen) atoms. The number of nitrogens with one attached hydrogen (secondary N) is 3. The smallest absolute Gasteiger partial charge is 0.303 e. The van der Waals surface area contributed by atoms with Crippen molar-refractivity contribution in [1.29, 1.82) is 0 Å². The number of fused-ring (bicyclic) bond motifs is 1. The van der Waals surface area contributed by atoms with Crippen LogP contribution in [0.4, 0.5) is 10.1 Å². The molecule has 0 atom stereocenters. The number of aromatic nitrogens is 1. The van der Waals surface area contributed by atoms with Gasteiger partial charge in [0, 0.05) is 35.6 Å². The standard InChI is InChI=1S/C22H24FN3O4/c1-12-18(11-16-15-10-14(23)7-8-17(15)26-21(16)29)25-13(2)20(12)22(30)24-9-5-3-4-6-19(27)28/h7-8,10-11,25H,3-6,9H2,1-2H3,(H,24,30)(H,26,29)(H,27,28)/b16-11-. The molecule has 1 aromatic heterocycles. The van der Waals surface area contributed by atoms with Crippen LogP contribution in [0.5, 0.6) is 0 Å². The van der Waals surface area contributed by atoms with Gasteiger partial charge in [0.2, 0.25) is 0 Å². The molecule has 8 heteroatoms. The zero-order valence-corrected chi connectivity index (χ0v) is 16.9. The van der Waals surface area contributed by atoms with E-state index >= 15 is 0 Å². The number of carbonyl (C=O) groups is 3. The van der Waals surface area contributed by atoms with Gasteiger partial charge in [-0.3, -0.25) is 14.4 Å². The van der Waals surface area contributed by atoms with Crippen LogP contribution >= 0.6 is 0 Å². The van der Waals surface area contributed by atoms with Gasteiger partial charge >= 0.3 is 5.97 Å². The number of anilines is 1. The molecule has 0 fully saturated rings. The monoisotopic (exact) mass is 413 g/mol. The molecule has 2 amide bonds. The van der Waals surface area contributed by atoms with Gasteiger partial charge in [0.25, 0.3) is 11.8 Å². The molecule has 2 aromatic rings. The van der Waals surface area contributed by atoms with Gasteiger partial charge in [0.15, 0.2) is 0 Å². The first kappa shape index (κ1) is 21.3. The van der Waals surface area contributed by atoms with Gasteiger partial charge in [-0.15, -0.1) is 0 Å². The highest BCUT2D eigenvalue weighted by atomic mass is 19.1. The van der Waals surface area contributed by atoms with E-state index in [1.165, 1.54) is 18.2 Å². The second-order valence-electron chi connectivity index (χ2n) is 7.33. The van der Waals surface area contributed by atoms with E-state index in [1.807, 2.05) is 0 Å². The molecule has 4 N–H and O–H groups in total. The Morgan fingerprint density at radius 2 is 1.97 bits per heavy atom. The number of aromatic amines is 1. The summed E-state index contributed by atoms with van der Waals surface area (Å²) >= 11 is 0. The van der Waals surface area contributed by atoms with E-state index in [-0.39, 0.29) is 18.2 Å². The summed E-state index contributed by atoms with van der Waals surface area (Å²) in [6, 6.07) is 4.12. The van der Waals surface area contributed by atoms with Crippen LogP contribution in [0.1, 0.15) is 58.6 Å². The molecule has 7 nitrogen and oxygen atoms in total. The van der Waals surface area contributed by atoms with Gasteiger partial charge in [-0.05, 0) is 56.5 Å². The largest absolute Gasteiger partial charge is 0.481 e. The maximum Gasteiger partial charge on any atom is 0.303 e. The highest BCUT2D eigenvalue weighted by Crippen LogP contribution is 2.34. The summed E-state index contributed by atoms with van der Waals surface area (Å²) in [5.74, 6) is -1.81. The predicted molar refractivity (Wildman–Crippen MR) is 112 cm³/mol. The summed E-state index contributed by atoms with van der Waals surface area (Å²) < 4.78 is 13.6. The summed E-state index contributed by atoms with van der Waals surface area (Å²) in [4.78, 5) is 38.6. The van der Waals surface area contributed by atoms with Crippen LogP contribution in [-0.2, 0) is 9.59 Å². The number of hydrogen-bond acceptors (Lipinski definition) is 3. The average Bonchev–Trinajstić information content (AvgIpc) is 3.13. The van der Waals surface area contributed by atoms with Crippen molar-refractivity contribution >= 4 is 35.1 Å². The second-order valence-corrected chi connectivity index (χ2v) is 7.33. The van der Waals surface area contributed by atoms with Gasteiger partial charge in [0.05, 0.1) is 11.1 Å². The summed E-state index contributed by atoms with van der Waals surface area (Å²) in [6.07, 6.45) is 3.75. The number of unbranched alkanes of at least 4 members (excludes halogenated alkanes) is 2. The number of carboxylic acid groups (broad SMARTS) is 1. The lowest BCUT2D eigenvalue weighted by atomic mass is 10.0. The Hall–Kier alpha value is -3.42. The molecule has 1 aromatic carbocycles. The Bertz CT molecular complexity index is 1040. The third-order valence-corrected chi connectivity index (χ3v) is 5.11. The first-order chi connectivity index (χ1) is 14.3. The van der Waals surface area contributed by atoms with E-state index in [9.17, 15) is 18.8 Å². The summed E-state index contributed by atoms with van der Waals surface area (Å²) in [5.41, 5.74) is 3.85. The normalized spacial score (nSPS) is 14.0. The van der Waals surface area contributed by atoms with Crippen LogP contribution in [0, 0.1) is 19.7 Å². The number of carboxylic acids is 1. The minimum absolute atomic E-state index is 0.128. The number of amides is 2. The zero-order chi connectivity index (χ0) is 21.8. The quantitative estimate of drug-likeness (QED) is 0.391.